The molecule has 0 N–H and O–H groups in total. The van der Waals surface area contributed by atoms with E-state index >= 15 is 0 Å². The second kappa shape index (κ2) is 8.28. The Morgan fingerprint density at radius 1 is 1.04 bits per heavy atom. The summed E-state index contributed by atoms with van der Waals surface area (Å²) < 4.78 is 18.6. The third-order valence-electron chi connectivity index (χ3n) is 4.97. The molecular formula is C19H21ClFN5O2. The summed E-state index contributed by atoms with van der Waals surface area (Å²) in [5.74, 6) is 0.924. The molecule has 0 spiro atoms. The van der Waals surface area contributed by atoms with Gasteiger partial charge in [-0.25, -0.2) is 9.37 Å². The lowest BCUT2D eigenvalue weighted by Crippen LogP contribution is -2.49. The summed E-state index contributed by atoms with van der Waals surface area (Å²) >= 11 is 6.03. The van der Waals surface area contributed by atoms with Crippen molar-refractivity contribution in [2.45, 2.75) is 0 Å². The molecule has 0 saturated carbocycles. The van der Waals surface area contributed by atoms with Crippen LogP contribution in [0.2, 0.25) is 5.02 Å². The zero-order valence-electron chi connectivity index (χ0n) is 15.4. The number of hydrogen-bond acceptors (Lipinski definition) is 6. The molecule has 28 heavy (non-hydrogen) atoms. The van der Waals surface area contributed by atoms with Crippen molar-refractivity contribution >= 4 is 29.3 Å². The van der Waals surface area contributed by atoms with Gasteiger partial charge in [0, 0.05) is 45.5 Å². The Labute approximate surface area is 167 Å². The zero-order valence-corrected chi connectivity index (χ0v) is 16.1. The maximum atomic E-state index is 13.2. The van der Waals surface area contributed by atoms with Crippen LogP contribution < -0.4 is 9.80 Å². The van der Waals surface area contributed by atoms with E-state index in [2.05, 4.69) is 14.8 Å². The number of carbonyl (C=O) groups is 1. The number of halogens is 2. The largest absolute Gasteiger partial charge is 0.378 e. The quantitative estimate of drug-likeness (QED) is 0.779. The zero-order chi connectivity index (χ0) is 19.5. The lowest BCUT2D eigenvalue weighted by atomic mass is 10.1. The summed E-state index contributed by atoms with van der Waals surface area (Å²) in [5, 5.41) is 0.137. The molecule has 4 rings (SSSR count). The summed E-state index contributed by atoms with van der Waals surface area (Å²) in [5.41, 5.74) is 0.327. The van der Waals surface area contributed by atoms with Crippen LogP contribution in [0.1, 0.15) is 10.4 Å². The summed E-state index contributed by atoms with van der Waals surface area (Å²) in [4.78, 5) is 27.8. The first kappa shape index (κ1) is 18.9. The van der Waals surface area contributed by atoms with Crippen molar-refractivity contribution in [3.05, 3.63) is 46.9 Å². The van der Waals surface area contributed by atoms with Crippen molar-refractivity contribution < 1.29 is 13.9 Å². The van der Waals surface area contributed by atoms with Crippen molar-refractivity contribution in [3.8, 4) is 0 Å². The number of hydrogen-bond donors (Lipinski definition) is 0. The van der Waals surface area contributed by atoms with Crippen molar-refractivity contribution in [2.24, 2.45) is 0 Å². The first-order valence-corrected chi connectivity index (χ1v) is 9.64. The van der Waals surface area contributed by atoms with E-state index in [1.165, 1.54) is 18.2 Å². The Balaban J connectivity index is 1.40. The predicted molar refractivity (Wildman–Crippen MR) is 105 cm³/mol. The molecule has 0 bridgehead atoms. The third kappa shape index (κ3) is 4.02. The Morgan fingerprint density at radius 2 is 1.79 bits per heavy atom. The van der Waals surface area contributed by atoms with Gasteiger partial charge in [-0.15, -0.1) is 0 Å². The van der Waals surface area contributed by atoms with E-state index in [0.717, 1.165) is 18.9 Å². The highest BCUT2D eigenvalue weighted by molar-refractivity contribution is 6.33. The predicted octanol–water partition coefficient (Wildman–Crippen LogP) is 2.07. The van der Waals surface area contributed by atoms with E-state index in [0.29, 0.717) is 50.9 Å². The number of carbonyl (C=O) groups excluding carboxylic acids is 1. The molecule has 1 aromatic carbocycles. The van der Waals surface area contributed by atoms with Crippen molar-refractivity contribution in [1.82, 2.24) is 14.9 Å². The van der Waals surface area contributed by atoms with Gasteiger partial charge in [0.2, 0.25) is 5.95 Å². The number of rotatable bonds is 3. The maximum absolute atomic E-state index is 13.2. The second-order valence-electron chi connectivity index (χ2n) is 6.72. The molecule has 0 atom stereocenters. The average molecular weight is 406 g/mol. The van der Waals surface area contributed by atoms with Crippen LogP contribution in [0.3, 0.4) is 0 Å². The molecule has 148 valence electrons. The SMILES string of the molecule is O=C(c1ccc(F)cc1Cl)N1CCN(c2ccnc(N3CCOCC3)n2)CC1. The number of aromatic nitrogens is 2. The smallest absolute Gasteiger partial charge is 0.255 e. The van der Waals surface area contributed by atoms with E-state index in [1.54, 1.807) is 11.1 Å². The summed E-state index contributed by atoms with van der Waals surface area (Å²) in [6.45, 7) is 5.33. The molecule has 1 amide bonds. The molecule has 2 saturated heterocycles. The van der Waals surface area contributed by atoms with E-state index < -0.39 is 5.82 Å². The van der Waals surface area contributed by atoms with Crippen LogP contribution in [0.4, 0.5) is 16.2 Å². The first-order valence-electron chi connectivity index (χ1n) is 9.27. The summed E-state index contributed by atoms with van der Waals surface area (Å²) in [6, 6.07) is 5.74. The number of morpholine rings is 1. The average Bonchev–Trinajstić information content (AvgIpc) is 2.74. The fourth-order valence-electron chi connectivity index (χ4n) is 3.40. The van der Waals surface area contributed by atoms with Gasteiger partial charge in [-0.05, 0) is 24.3 Å². The minimum Gasteiger partial charge on any atom is -0.378 e. The van der Waals surface area contributed by atoms with Gasteiger partial charge < -0.3 is 19.4 Å². The van der Waals surface area contributed by atoms with Crippen molar-refractivity contribution in [2.75, 3.05) is 62.3 Å². The van der Waals surface area contributed by atoms with Crippen LogP contribution in [0.5, 0.6) is 0 Å². The minimum absolute atomic E-state index is 0.137. The third-order valence-corrected chi connectivity index (χ3v) is 5.29. The number of ether oxygens (including phenoxy) is 1. The molecule has 2 aliphatic heterocycles. The number of nitrogens with zero attached hydrogens (tertiary/aromatic N) is 5. The summed E-state index contributed by atoms with van der Waals surface area (Å²) in [6.07, 6.45) is 1.77. The molecule has 2 aromatic rings. The normalized spacial score (nSPS) is 17.7. The molecule has 2 fully saturated rings. The Bertz CT molecular complexity index is 854. The molecular weight excluding hydrogens is 385 g/mol. The van der Waals surface area contributed by atoms with E-state index in [4.69, 9.17) is 21.3 Å². The lowest BCUT2D eigenvalue weighted by molar-refractivity contribution is 0.0746. The fourth-order valence-corrected chi connectivity index (χ4v) is 3.65. The minimum atomic E-state index is -0.453. The highest BCUT2D eigenvalue weighted by Gasteiger charge is 2.25. The van der Waals surface area contributed by atoms with Crippen LogP contribution in [-0.4, -0.2) is 73.3 Å². The first-order chi connectivity index (χ1) is 13.6. The van der Waals surface area contributed by atoms with E-state index in [-0.39, 0.29) is 10.9 Å². The summed E-state index contributed by atoms with van der Waals surface area (Å²) in [7, 11) is 0. The van der Waals surface area contributed by atoms with Crippen LogP contribution in [0.15, 0.2) is 30.5 Å². The fraction of sp³-hybridized carbons (Fsp3) is 0.421. The van der Waals surface area contributed by atoms with E-state index in [1.807, 2.05) is 6.07 Å². The highest BCUT2D eigenvalue weighted by Crippen LogP contribution is 2.22. The highest BCUT2D eigenvalue weighted by atomic mass is 35.5. The molecule has 1 aromatic heterocycles. The molecule has 0 unspecified atom stereocenters. The van der Waals surface area contributed by atoms with Crippen LogP contribution in [-0.2, 0) is 4.74 Å². The van der Waals surface area contributed by atoms with Gasteiger partial charge in [-0.1, -0.05) is 11.6 Å². The Kier molecular flexibility index (Phi) is 5.59. The monoisotopic (exact) mass is 405 g/mol. The molecule has 9 heteroatoms. The molecule has 0 aliphatic carbocycles. The number of amides is 1. The van der Waals surface area contributed by atoms with Crippen LogP contribution in [0, 0.1) is 5.82 Å². The van der Waals surface area contributed by atoms with Gasteiger partial charge >= 0.3 is 0 Å². The van der Waals surface area contributed by atoms with Gasteiger partial charge in [0.05, 0.1) is 23.8 Å². The standard InChI is InChI=1S/C19H21ClFN5O2/c20-16-13-14(21)1-2-15(16)18(27)25-7-5-24(6-8-25)17-3-4-22-19(23-17)26-9-11-28-12-10-26/h1-4,13H,5-12H2. The van der Waals surface area contributed by atoms with E-state index in [9.17, 15) is 9.18 Å². The maximum Gasteiger partial charge on any atom is 0.255 e. The van der Waals surface area contributed by atoms with Crippen molar-refractivity contribution in [3.63, 3.8) is 0 Å². The lowest BCUT2D eigenvalue weighted by Gasteiger charge is -2.36. The van der Waals surface area contributed by atoms with Gasteiger partial charge in [-0.2, -0.15) is 4.98 Å². The van der Waals surface area contributed by atoms with Crippen LogP contribution >= 0.6 is 11.6 Å². The molecule has 3 heterocycles. The number of benzene rings is 1. The van der Waals surface area contributed by atoms with Gasteiger partial charge in [0.25, 0.3) is 5.91 Å². The Hall–Kier alpha value is -2.45. The van der Waals surface area contributed by atoms with Crippen LogP contribution in [0.25, 0.3) is 0 Å². The topological polar surface area (TPSA) is 61.8 Å². The Morgan fingerprint density at radius 3 is 2.50 bits per heavy atom. The van der Waals surface area contributed by atoms with Crippen molar-refractivity contribution in [1.29, 1.82) is 0 Å². The van der Waals surface area contributed by atoms with Gasteiger partial charge in [0.15, 0.2) is 0 Å². The number of anilines is 2. The number of piperazine rings is 1. The molecule has 2 aliphatic rings. The van der Waals surface area contributed by atoms with Gasteiger partial charge in [0.1, 0.15) is 11.6 Å². The molecule has 0 radical (unpaired) electrons. The molecule has 7 nitrogen and oxygen atoms in total. The second-order valence-corrected chi connectivity index (χ2v) is 7.12. The van der Waals surface area contributed by atoms with Gasteiger partial charge in [-0.3, -0.25) is 4.79 Å².